The van der Waals surface area contributed by atoms with E-state index < -0.39 is 0 Å². The molecule has 0 aliphatic carbocycles. The van der Waals surface area contributed by atoms with Gasteiger partial charge < -0.3 is 10.3 Å². The SMILES string of the molecule is CCCc1c(NN)ncnc1N1CCCC1(C)C. The first-order valence-electron chi connectivity index (χ1n) is 6.68. The maximum atomic E-state index is 5.56. The van der Waals surface area contributed by atoms with Gasteiger partial charge in [0, 0.05) is 17.6 Å². The molecule has 0 aromatic carbocycles. The highest BCUT2D eigenvalue weighted by Crippen LogP contribution is 2.35. The number of nitrogens with zero attached hydrogens (tertiary/aromatic N) is 3. The average molecular weight is 249 g/mol. The van der Waals surface area contributed by atoms with Gasteiger partial charge in [0.15, 0.2) is 0 Å². The number of anilines is 2. The van der Waals surface area contributed by atoms with Gasteiger partial charge in [-0.1, -0.05) is 13.3 Å². The highest BCUT2D eigenvalue weighted by molar-refractivity contribution is 5.60. The smallest absolute Gasteiger partial charge is 0.148 e. The summed E-state index contributed by atoms with van der Waals surface area (Å²) in [6, 6.07) is 0. The van der Waals surface area contributed by atoms with Crippen LogP contribution in [-0.2, 0) is 6.42 Å². The van der Waals surface area contributed by atoms with Crippen molar-refractivity contribution in [3.05, 3.63) is 11.9 Å². The second-order valence-electron chi connectivity index (χ2n) is 5.49. The Morgan fingerprint density at radius 3 is 2.78 bits per heavy atom. The summed E-state index contributed by atoms with van der Waals surface area (Å²) in [6.07, 6.45) is 6.02. The fraction of sp³-hybridized carbons (Fsp3) is 0.692. The number of hydrogen-bond donors (Lipinski definition) is 2. The largest absolute Gasteiger partial charge is 0.351 e. The predicted octanol–water partition coefficient (Wildman–Crippen LogP) is 2.09. The van der Waals surface area contributed by atoms with Crippen LogP contribution in [0.4, 0.5) is 11.6 Å². The van der Waals surface area contributed by atoms with Gasteiger partial charge in [-0.25, -0.2) is 15.8 Å². The van der Waals surface area contributed by atoms with Crippen molar-refractivity contribution in [2.24, 2.45) is 5.84 Å². The molecule has 0 bridgehead atoms. The number of nitrogens with two attached hydrogens (primary N) is 1. The molecule has 0 unspecified atom stereocenters. The van der Waals surface area contributed by atoms with Gasteiger partial charge >= 0.3 is 0 Å². The van der Waals surface area contributed by atoms with Gasteiger partial charge in [0.25, 0.3) is 0 Å². The molecule has 0 amide bonds. The van der Waals surface area contributed by atoms with E-state index in [1.165, 1.54) is 12.8 Å². The number of nitrogens with one attached hydrogen (secondary N) is 1. The Morgan fingerprint density at radius 1 is 1.44 bits per heavy atom. The molecule has 1 aliphatic heterocycles. The third-order valence-corrected chi connectivity index (χ3v) is 3.72. The van der Waals surface area contributed by atoms with Gasteiger partial charge in [-0.05, 0) is 33.1 Å². The predicted molar refractivity (Wildman–Crippen MR) is 74.5 cm³/mol. The summed E-state index contributed by atoms with van der Waals surface area (Å²) in [7, 11) is 0. The summed E-state index contributed by atoms with van der Waals surface area (Å²) >= 11 is 0. The number of hydrazine groups is 1. The number of rotatable bonds is 4. The number of aromatic nitrogens is 2. The fourth-order valence-corrected chi connectivity index (χ4v) is 2.74. The zero-order chi connectivity index (χ0) is 13.2. The van der Waals surface area contributed by atoms with Gasteiger partial charge in [-0.15, -0.1) is 0 Å². The molecule has 0 atom stereocenters. The third kappa shape index (κ3) is 2.27. The van der Waals surface area contributed by atoms with E-state index in [1.807, 2.05) is 0 Å². The molecule has 1 fully saturated rings. The molecule has 1 saturated heterocycles. The van der Waals surface area contributed by atoms with E-state index >= 15 is 0 Å². The normalized spacial score (nSPS) is 18.1. The Balaban J connectivity index is 2.43. The zero-order valence-electron chi connectivity index (χ0n) is 11.5. The molecule has 0 radical (unpaired) electrons. The topological polar surface area (TPSA) is 67.1 Å². The lowest BCUT2D eigenvalue weighted by Crippen LogP contribution is -2.39. The maximum absolute atomic E-state index is 5.56. The van der Waals surface area contributed by atoms with Crippen molar-refractivity contribution in [1.82, 2.24) is 9.97 Å². The van der Waals surface area contributed by atoms with Crippen LogP contribution in [0.5, 0.6) is 0 Å². The molecule has 2 rings (SSSR count). The van der Waals surface area contributed by atoms with Crippen LogP contribution >= 0.6 is 0 Å². The number of hydrogen-bond acceptors (Lipinski definition) is 5. The molecule has 5 heteroatoms. The van der Waals surface area contributed by atoms with Crippen LogP contribution in [0.2, 0.25) is 0 Å². The lowest BCUT2D eigenvalue weighted by molar-refractivity contribution is 0.512. The minimum absolute atomic E-state index is 0.169. The van der Waals surface area contributed by atoms with Crippen molar-refractivity contribution in [2.45, 2.75) is 52.0 Å². The Bertz CT molecular complexity index is 416. The van der Waals surface area contributed by atoms with E-state index in [9.17, 15) is 0 Å². The van der Waals surface area contributed by atoms with Gasteiger partial charge in [0.1, 0.15) is 18.0 Å². The monoisotopic (exact) mass is 249 g/mol. The molecule has 1 aliphatic rings. The second kappa shape index (κ2) is 5.10. The Kier molecular flexibility index (Phi) is 3.71. The molecule has 5 nitrogen and oxygen atoms in total. The maximum Gasteiger partial charge on any atom is 0.148 e. The quantitative estimate of drug-likeness (QED) is 0.632. The molecule has 1 aromatic heterocycles. The van der Waals surface area contributed by atoms with E-state index in [1.54, 1.807) is 6.33 Å². The minimum atomic E-state index is 0.169. The van der Waals surface area contributed by atoms with Crippen molar-refractivity contribution in [3.63, 3.8) is 0 Å². The average Bonchev–Trinajstić information content (AvgIpc) is 2.69. The van der Waals surface area contributed by atoms with Gasteiger partial charge in [-0.3, -0.25) is 0 Å². The third-order valence-electron chi connectivity index (χ3n) is 3.72. The van der Waals surface area contributed by atoms with Crippen LogP contribution < -0.4 is 16.2 Å². The van der Waals surface area contributed by atoms with E-state index in [0.29, 0.717) is 0 Å². The zero-order valence-corrected chi connectivity index (χ0v) is 11.5. The Labute approximate surface area is 109 Å². The van der Waals surface area contributed by atoms with E-state index in [0.717, 1.165) is 36.6 Å². The van der Waals surface area contributed by atoms with E-state index in [-0.39, 0.29) is 5.54 Å². The summed E-state index contributed by atoms with van der Waals surface area (Å²) in [5.41, 5.74) is 4.00. The molecule has 0 spiro atoms. The van der Waals surface area contributed by atoms with E-state index in [4.69, 9.17) is 5.84 Å². The molecular formula is C13H23N5. The minimum Gasteiger partial charge on any atom is -0.351 e. The van der Waals surface area contributed by atoms with Crippen molar-refractivity contribution in [2.75, 3.05) is 16.9 Å². The van der Waals surface area contributed by atoms with Crippen LogP contribution in [0.25, 0.3) is 0 Å². The van der Waals surface area contributed by atoms with Crippen molar-refractivity contribution in [1.29, 1.82) is 0 Å². The van der Waals surface area contributed by atoms with Gasteiger partial charge in [0.2, 0.25) is 0 Å². The lowest BCUT2D eigenvalue weighted by Gasteiger charge is -2.34. The van der Waals surface area contributed by atoms with Crippen molar-refractivity contribution >= 4 is 11.6 Å². The highest BCUT2D eigenvalue weighted by atomic mass is 15.3. The fourth-order valence-electron chi connectivity index (χ4n) is 2.74. The van der Waals surface area contributed by atoms with Crippen LogP contribution in [0.3, 0.4) is 0 Å². The second-order valence-corrected chi connectivity index (χ2v) is 5.49. The summed E-state index contributed by atoms with van der Waals surface area (Å²) < 4.78 is 0. The van der Waals surface area contributed by atoms with E-state index in [2.05, 4.69) is 41.1 Å². The molecule has 0 saturated carbocycles. The summed E-state index contributed by atoms with van der Waals surface area (Å²) in [4.78, 5) is 11.1. The first-order chi connectivity index (χ1) is 8.60. The Morgan fingerprint density at radius 2 is 2.22 bits per heavy atom. The summed E-state index contributed by atoms with van der Waals surface area (Å²) in [6.45, 7) is 7.76. The molecule has 2 heterocycles. The molecule has 3 N–H and O–H groups in total. The first-order valence-corrected chi connectivity index (χ1v) is 6.68. The standard InChI is InChI=1S/C13H23N5/c1-4-6-10-11(17-14)15-9-16-12(10)18-8-5-7-13(18,2)3/h9H,4-8,14H2,1-3H3,(H,15,16,17). The molecular weight excluding hydrogens is 226 g/mol. The highest BCUT2D eigenvalue weighted by Gasteiger charge is 2.34. The summed E-state index contributed by atoms with van der Waals surface area (Å²) in [5, 5.41) is 0. The summed E-state index contributed by atoms with van der Waals surface area (Å²) in [5.74, 6) is 7.36. The van der Waals surface area contributed by atoms with Crippen LogP contribution in [-0.4, -0.2) is 22.1 Å². The molecule has 1 aromatic rings. The Hall–Kier alpha value is -1.36. The number of nitrogen functional groups attached to an aromatic ring is 1. The van der Waals surface area contributed by atoms with Crippen molar-refractivity contribution in [3.8, 4) is 0 Å². The van der Waals surface area contributed by atoms with Crippen LogP contribution in [0.15, 0.2) is 6.33 Å². The molecule has 18 heavy (non-hydrogen) atoms. The van der Waals surface area contributed by atoms with Gasteiger partial charge in [-0.2, -0.15) is 0 Å². The molecule has 100 valence electrons. The lowest BCUT2D eigenvalue weighted by atomic mass is 10.0. The first kappa shape index (κ1) is 13.1. The van der Waals surface area contributed by atoms with Crippen molar-refractivity contribution < 1.29 is 0 Å². The van der Waals surface area contributed by atoms with Crippen LogP contribution in [0, 0.1) is 0 Å². The van der Waals surface area contributed by atoms with Gasteiger partial charge in [0.05, 0.1) is 0 Å². The van der Waals surface area contributed by atoms with Crippen LogP contribution in [0.1, 0.15) is 45.6 Å².